The van der Waals surface area contributed by atoms with Gasteiger partial charge in [-0.2, -0.15) is 0 Å². The molecule has 1 rings (SSSR count). The van der Waals surface area contributed by atoms with E-state index in [0.29, 0.717) is 10.7 Å². The highest BCUT2D eigenvalue weighted by Crippen LogP contribution is 2.22. The number of urea groups is 1. The van der Waals surface area contributed by atoms with E-state index in [4.69, 9.17) is 16.7 Å². The largest absolute Gasteiger partial charge is 0.480 e. The lowest BCUT2D eigenvalue weighted by Gasteiger charge is -2.11. The van der Waals surface area contributed by atoms with E-state index in [1.54, 1.807) is 18.2 Å². The van der Waals surface area contributed by atoms with E-state index in [2.05, 4.69) is 10.6 Å². The van der Waals surface area contributed by atoms with Crippen LogP contribution in [0.2, 0.25) is 5.02 Å². The van der Waals surface area contributed by atoms with Gasteiger partial charge >= 0.3 is 12.0 Å². The first-order valence-corrected chi connectivity index (χ1v) is 6.11. The molecular weight excluding hydrogens is 358 g/mol. The molecule has 0 fully saturated rings. The second kappa shape index (κ2) is 6.06. The average Bonchev–Trinajstić information content (AvgIpc) is 2.22. The Morgan fingerprint density at radius 3 is 2.65 bits per heavy atom. The average molecular weight is 369 g/mol. The van der Waals surface area contributed by atoms with Crippen LogP contribution in [0.1, 0.15) is 6.92 Å². The van der Waals surface area contributed by atoms with Crippen molar-refractivity contribution in [3.05, 3.63) is 26.8 Å². The van der Waals surface area contributed by atoms with Crippen LogP contribution in [-0.4, -0.2) is 23.1 Å². The van der Waals surface area contributed by atoms with E-state index in [1.165, 1.54) is 6.92 Å². The lowest BCUT2D eigenvalue weighted by Crippen LogP contribution is -2.40. The van der Waals surface area contributed by atoms with Gasteiger partial charge in [0.05, 0.1) is 5.69 Å². The summed E-state index contributed by atoms with van der Waals surface area (Å²) >= 11 is 7.79. The SMILES string of the molecule is C[C@@H](NC(=O)Nc1ccc(Cl)cc1I)C(=O)O. The van der Waals surface area contributed by atoms with Crippen molar-refractivity contribution in [3.8, 4) is 0 Å². The fourth-order valence-corrected chi connectivity index (χ4v) is 2.01. The molecule has 92 valence electrons. The fraction of sp³-hybridized carbons (Fsp3) is 0.200. The normalized spacial score (nSPS) is 11.7. The molecule has 0 unspecified atom stereocenters. The first kappa shape index (κ1) is 14.0. The Morgan fingerprint density at radius 1 is 1.47 bits per heavy atom. The van der Waals surface area contributed by atoms with Gasteiger partial charge in [-0.15, -0.1) is 0 Å². The van der Waals surface area contributed by atoms with Gasteiger partial charge in [-0.1, -0.05) is 11.6 Å². The number of hydrogen-bond acceptors (Lipinski definition) is 2. The minimum atomic E-state index is -1.09. The van der Waals surface area contributed by atoms with Gasteiger partial charge in [0, 0.05) is 8.59 Å². The van der Waals surface area contributed by atoms with Crippen molar-refractivity contribution >= 4 is 51.9 Å². The zero-order chi connectivity index (χ0) is 13.0. The highest BCUT2D eigenvalue weighted by molar-refractivity contribution is 14.1. The monoisotopic (exact) mass is 368 g/mol. The van der Waals surface area contributed by atoms with E-state index in [1.807, 2.05) is 22.6 Å². The molecule has 3 N–H and O–H groups in total. The number of anilines is 1. The van der Waals surface area contributed by atoms with Crippen molar-refractivity contribution in [2.75, 3.05) is 5.32 Å². The van der Waals surface area contributed by atoms with Crippen LogP contribution in [0, 0.1) is 3.57 Å². The summed E-state index contributed by atoms with van der Waals surface area (Å²) in [5.74, 6) is -1.09. The molecule has 0 spiro atoms. The number of benzene rings is 1. The van der Waals surface area contributed by atoms with Crippen molar-refractivity contribution < 1.29 is 14.7 Å². The lowest BCUT2D eigenvalue weighted by atomic mass is 10.3. The van der Waals surface area contributed by atoms with Crippen LogP contribution >= 0.6 is 34.2 Å². The zero-order valence-corrected chi connectivity index (χ0v) is 11.7. The highest BCUT2D eigenvalue weighted by Gasteiger charge is 2.14. The number of amides is 2. The summed E-state index contributed by atoms with van der Waals surface area (Å²) in [4.78, 5) is 22.0. The van der Waals surface area contributed by atoms with Gasteiger partial charge in [-0.05, 0) is 47.7 Å². The molecule has 1 atom stereocenters. The van der Waals surface area contributed by atoms with Crippen molar-refractivity contribution in [3.63, 3.8) is 0 Å². The van der Waals surface area contributed by atoms with Crippen LogP contribution in [0.4, 0.5) is 10.5 Å². The first-order chi connectivity index (χ1) is 7.90. The third-order valence-corrected chi connectivity index (χ3v) is 3.02. The quantitative estimate of drug-likeness (QED) is 0.718. The first-order valence-electron chi connectivity index (χ1n) is 4.65. The van der Waals surface area contributed by atoms with Crippen molar-refractivity contribution in [2.24, 2.45) is 0 Å². The zero-order valence-electron chi connectivity index (χ0n) is 8.83. The molecule has 2 amide bonds. The van der Waals surface area contributed by atoms with Gasteiger partial charge < -0.3 is 15.7 Å². The Labute approximate surface area is 117 Å². The number of nitrogens with one attached hydrogen (secondary N) is 2. The van der Waals surface area contributed by atoms with E-state index in [-0.39, 0.29) is 0 Å². The molecule has 5 nitrogen and oxygen atoms in total. The van der Waals surface area contributed by atoms with Gasteiger partial charge in [0.15, 0.2) is 0 Å². The minimum Gasteiger partial charge on any atom is -0.480 e. The van der Waals surface area contributed by atoms with E-state index in [9.17, 15) is 9.59 Å². The predicted octanol–water partition coefficient (Wildman–Crippen LogP) is 2.54. The second-order valence-corrected chi connectivity index (χ2v) is 4.88. The maximum absolute atomic E-state index is 11.4. The summed E-state index contributed by atoms with van der Waals surface area (Å²) in [6.07, 6.45) is 0. The number of carboxylic acid groups (broad SMARTS) is 1. The van der Waals surface area contributed by atoms with Crippen LogP contribution in [0.3, 0.4) is 0 Å². The maximum atomic E-state index is 11.4. The summed E-state index contributed by atoms with van der Waals surface area (Å²) in [6.45, 7) is 1.38. The number of halogens is 2. The van der Waals surface area contributed by atoms with Crippen LogP contribution in [0.15, 0.2) is 18.2 Å². The molecule has 0 radical (unpaired) electrons. The molecule has 0 saturated carbocycles. The Kier molecular flexibility index (Phi) is 5.01. The highest BCUT2D eigenvalue weighted by atomic mass is 127. The topological polar surface area (TPSA) is 78.4 Å². The summed E-state index contributed by atoms with van der Waals surface area (Å²) in [5, 5.41) is 14.0. The second-order valence-electron chi connectivity index (χ2n) is 3.28. The molecule has 1 aromatic carbocycles. The molecular formula is C10H10ClIN2O3. The van der Waals surface area contributed by atoms with Gasteiger partial charge in [0.2, 0.25) is 0 Å². The van der Waals surface area contributed by atoms with Crippen molar-refractivity contribution in [2.45, 2.75) is 13.0 Å². The molecule has 0 aliphatic heterocycles. The number of carbonyl (C=O) groups excluding carboxylic acids is 1. The number of carboxylic acids is 1. The summed E-state index contributed by atoms with van der Waals surface area (Å²) < 4.78 is 0.772. The Balaban J connectivity index is 2.65. The molecule has 7 heteroatoms. The third-order valence-electron chi connectivity index (χ3n) is 1.90. The smallest absolute Gasteiger partial charge is 0.325 e. The van der Waals surface area contributed by atoms with Crippen molar-refractivity contribution in [1.82, 2.24) is 5.32 Å². The van der Waals surface area contributed by atoms with Gasteiger partial charge in [-0.3, -0.25) is 4.79 Å². The molecule has 0 aliphatic carbocycles. The van der Waals surface area contributed by atoms with Crippen LogP contribution in [-0.2, 0) is 4.79 Å². The van der Waals surface area contributed by atoms with Crippen LogP contribution in [0.5, 0.6) is 0 Å². The van der Waals surface area contributed by atoms with Crippen LogP contribution in [0.25, 0.3) is 0 Å². The summed E-state index contributed by atoms with van der Waals surface area (Å²) in [5.41, 5.74) is 0.574. The number of hydrogen-bond donors (Lipinski definition) is 3. The lowest BCUT2D eigenvalue weighted by molar-refractivity contribution is -0.138. The molecule has 17 heavy (non-hydrogen) atoms. The predicted molar refractivity (Wildman–Crippen MR) is 73.4 cm³/mol. The third kappa shape index (κ3) is 4.39. The van der Waals surface area contributed by atoms with E-state index < -0.39 is 18.0 Å². The number of carbonyl (C=O) groups is 2. The molecule has 0 aromatic heterocycles. The Morgan fingerprint density at radius 2 is 2.12 bits per heavy atom. The molecule has 0 bridgehead atoms. The number of aliphatic carboxylic acids is 1. The number of rotatable bonds is 3. The summed E-state index contributed by atoms with van der Waals surface area (Å²) in [7, 11) is 0. The molecule has 0 aliphatic rings. The Bertz CT molecular complexity index is 453. The van der Waals surface area contributed by atoms with Crippen molar-refractivity contribution in [1.29, 1.82) is 0 Å². The molecule has 1 aromatic rings. The van der Waals surface area contributed by atoms with E-state index >= 15 is 0 Å². The van der Waals surface area contributed by atoms with Gasteiger partial charge in [-0.25, -0.2) is 4.79 Å². The summed E-state index contributed by atoms with van der Waals surface area (Å²) in [6, 6.07) is 3.47. The van der Waals surface area contributed by atoms with Gasteiger partial charge in [0.1, 0.15) is 6.04 Å². The standard InChI is InChI=1S/C10H10ClIN2O3/c1-5(9(15)16)13-10(17)14-8-3-2-6(11)4-7(8)12/h2-5H,1H3,(H,15,16)(H2,13,14,17)/t5-/m1/s1. The fourth-order valence-electron chi connectivity index (χ4n) is 1.01. The minimum absolute atomic E-state index is 0.569. The molecule has 0 heterocycles. The maximum Gasteiger partial charge on any atom is 0.325 e. The van der Waals surface area contributed by atoms with E-state index in [0.717, 1.165) is 3.57 Å². The molecule has 0 saturated heterocycles. The van der Waals surface area contributed by atoms with Crippen LogP contribution < -0.4 is 10.6 Å². The Hall–Kier alpha value is -1.02. The van der Waals surface area contributed by atoms with Gasteiger partial charge in [0.25, 0.3) is 0 Å².